The molecule has 1 heterocycles. The van der Waals surface area contributed by atoms with Gasteiger partial charge in [0.2, 0.25) is 0 Å². The molecule has 1 saturated heterocycles. The van der Waals surface area contributed by atoms with E-state index in [0.29, 0.717) is 23.5 Å². The smallest absolute Gasteiger partial charge is 0.264 e. The number of rotatable bonds is 9. The summed E-state index contributed by atoms with van der Waals surface area (Å²) in [7, 11) is -0.789. The number of hydrogen-bond acceptors (Lipinski definition) is 6. The molecule has 180 valence electrons. The van der Waals surface area contributed by atoms with Crippen molar-refractivity contribution < 1.29 is 22.7 Å². The summed E-state index contributed by atoms with van der Waals surface area (Å²) < 4.78 is 38.3. The van der Waals surface area contributed by atoms with E-state index in [1.165, 1.54) is 23.5 Å². The van der Waals surface area contributed by atoms with E-state index in [0.717, 1.165) is 26.1 Å². The number of ether oxygens (including phenoxy) is 2. The molecular formula is C24H33N3O5S. The molecular weight excluding hydrogens is 442 g/mol. The molecule has 0 saturated carbocycles. The summed E-state index contributed by atoms with van der Waals surface area (Å²) in [6.07, 6.45) is 1.23. The molecule has 1 amide bonds. The van der Waals surface area contributed by atoms with Crippen LogP contribution in [-0.4, -0.2) is 71.8 Å². The van der Waals surface area contributed by atoms with Crippen LogP contribution >= 0.6 is 0 Å². The highest BCUT2D eigenvalue weighted by atomic mass is 32.2. The average molecular weight is 476 g/mol. The molecule has 2 atom stereocenters. The zero-order chi connectivity index (χ0) is 24.0. The Labute approximate surface area is 196 Å². The van der Waals surface area contributed by atoms with E-state index in [2.05, 4.69) is 24.1 Å². The maximum absolute atomic E-state index is 13.1. The molecule has 33 heavy (non-hydrogen) atoms. The predicted octanol–water partition coefficient (Wildman–Crippen LogP) is 2.75. The lowest BCUT2D eigenvalue weighted by Gasteiger charge is -2.35. The molecule has 9 heteroatoms. The van der Waals surface area contributed by atoms with E-state index in [1.807, 2.05) is 0 Å². The predicted molar refractivity (Wildman–Crippen MR) is 128 cm³/mol. The molecule has 3 rings (SSSR count). The zero-order valence-corrected chi connectivity index (χ0v) is 20.5. The van der Waals surface area contributed by atoms with Crippen molar-refractivity contribution in [2.75, 3.05) is 44.6 Å². The third-order valence-corrected chi connectivity index (χ3v) is 7.40. The summed E-state index contributed by atoms with van der Waals surface area (Å²) in [6.45, 7) is 7.30. The van der Waals surface area contributed by atoms with Crippen LogP contribution in [0.3, 0.4) is 0 Å². The molecule has 2 aromatic carbocycles. The van der Waals surface area contributed by atoms with Gasteiger partial charge in [0.1, 0.15) is 5.75 Å². The minimum Gasteiger partial charge on any atom is -0.497 e. The molecule has 0 aliphatic carbocycles. The molecule has 2 aromatic rings. The Hall–Kier alpha value is -2.62. The molecule has 1 aliphatic heterocycles. The van der Waals surface area contributed by atoms with Gasteiger partial charge in [-0.05, 0) is 62.7 Å². The van der Waals surface area contributed by atoms with Crippen LogP contribution in [0.1, 0.15) is 30.6 Å². The lowest BCUT2D eigenvalue weighted by molar-refractivity contribution is -0.0680. The SMILES string of the molecule is COc1ccc(N(C)S(=O)(=O)c2cccc(C(=O)NCCCN3CC(C)OC(C)C3)c2)cc1. The summed E-state index contributed by atoms with van der Waals surface area (Å²) >= 11 is 0. The number of carbonyl (C=O) groups excluding carboxylic acids is 1. The Morgan fingerprint density at radius 3 is 2.45 bits per heavy atom. The normalized spacial score (nSPS) is 19.2. The van der Waals surface area contributed by atoms with E-state index in [4.69, 9.17) is 9.47 Å². The van der Waals surface area contributed by atoms with E-state index < -0.39 is 10.0 Å². The van der Waals surface area contributed by atoms with Gasteiger partial charge in [0.25, 0.3) is 15.9 Å². The summed E-state index contributed by atoms with van der Waals surface area (Å²) in [5.74, 6) is 0.351. The van der Waals surface area contributed by atoms with E-state index in [9.17, 15) is 13.2 Å². The third-order valence-electron chi connectivity index (χ3n) is 5.62. The fourth-order valence-corrected chi connectivity index (χ4v) is 5.20. The largest absolute Gasteiger partial charge is 0.497 e. The van der Waals surface area contributed by atoms with Crippen LogP contribution < -0.4 is 14.4 Å². The first kappa shape index (κ1) is 25.0. The molecule has 1 aliphatic rings. The first-order chi connectivity index (χ1) is 15.7. The number of sulfonamides is 1. The van der Waals surface area contributed by atoms with Crippen molar-refractivity contribution in [3.8, 4) is 5.75 Å². The number of amides is 1. The van der Waals surface area contributed by atoms with Crippen LogP contribution in [0.25, 0.3) is 0 Å². The van der Waals surface area contributed by atoms with Gasteiger partial charge < -0.3 is 14.8 Å². The van der Waals surface area contributed by atoms with Gasteiger partial charge in [0.15, 0.2) is 0 Å². The molecule has 0 bridgehead atoms. The van der Waals surface area contributed by atoms with E-state index in [-0.39, 0.29) is 23.0 Å². The Morgan fingerprint density at radius 2 is 1.82 bits per heavy atom. The van der Waals surface area contributed by atoms with Crippen molar-refractivity contribution in [2.24, 2.45) is 0 Å². The number of carbonyl (C=O) groups is 1. The summed E-state index contributed by atoms with van der Waals surface area (Å²) in [6, 6.07) is 12.8. The van der Waals surface area contributed by atoms with Gasteiger partial charge in [-0.2, -0.15) is 0 Å². The Kier molecular flexibility index (Phi) is 8.34. The van der Waals surface area contributed by atoms with E-state index >= 15 is 0 Å². The number of morpholine rings is 1. The van der Waals surface area contributed by atoms with Crippen molar-refractivity contribution in [1.82, 2.24) is 10.2 Å². The summed E-state index contributed by atoms with van der Waals surface area (Å²) in [5.41, 5.74) is 0.810. The summed E-state index contributed by atoms with van der Waals surface area (Å²) in [5, 5.41) is 2.89. The van der Waals surface area contributed by atoms with Crippen LogP contribution in [0, 0.1) is 0 Å². The number of benzene rings is 2. The highest BCUT2D eigenvalue weighted by Crippen LogP contribution is 2.24. The molecule has 1 N–H and O–H groups in total. The van der Waals surface area contributed by atoms with Crippen LogP contribution in [0.4, 0.5) is 5.69 Å². The Balaban J connectivity index is 1.59. The van der Waals surface area contributed by atoms with Gasteiger partial charge in [0.05, 0.1) is 29.9 Å². The van der Waals surface area contributed by atoms with Gasteiger partial charge in [-0.25, -0.2) is 8.42 Å². The van der Waals surface area contributed by atoms with Gasteiger partial charge in [-0.1, -0.05) is 6.07 Å². The standard InChI is InChI=1S/C24H33N3O5S/c1-18-16-27(17-19(2)32-18)14-6-13-25-24(28)20-7-5-8-23(15-20)33(29,30)26(3)21-9-11-22(31-4)12-10-21/h5,7-12,15,18-19H,6,13-14,16-17H2,1-4H3,(H,25,28). The van der Waals surface area contributed by atoms with Crippen LogP contribution in [0.5, 0.6) is 5.75 Å². The second-order valence-electron chi connectivity index (χ2n) is 8.32. The maximum Gasteiger partial charge on any atom is 0.264 e. The minimum atomic E-state index is -3.82. The van der Waals surface area contributed by atoms with Crippen molar-refractivity contribution in [3.63, 3.8) is 0 Å². The van der Waals surface area contributed by atoms with Crippen molar-refractivity contribution in [1.29, 1.82) is 0 Å². The second kappa shape index (κ2) is 11.0. The molecule has 0 spiro atoms. The lowest BCUT2D eigenvalue weighted by atomic mass is 10.2. The van der Waals surface area contributed by atoms with Crippen molar-refractivity contribution >= 4 is 21.6 Å². The van der Waals surface area contributed by atoms with Gasteiger partial charge in [-0.3, -0.25) is 14.0 Å². The number of methoxy groups -OCH3 is 1. The molecule has 8 nitrogen and oxygen atoms in total. The average Bonchev–Trinajstić information content (AvgIpc) is 2.80. The molecule has 0 aromatic heterocycles. The molecule has 2 unspecified atom stereocenters. The fraction of sp³-hybridized carbons (Fsp3) is 0.458. The lowest BCUT2D eigenvalue weighted by Crippen LogP contribution is -2.46. The van der Waals surface area contributed by atoms with Crippen LogP contribution in [-0.2, 0) is 14.8 Å². The number of nitrogens with one attached hydrogen (secondary N) is 1. The monoisotopic (exact) mass is 475 g/mol. The number of nitrogens with zero attached hydrogens (tertiary/aromatic N) is 2. The third kappa shape index (κ3) is 6.46. The Bertz CT molecular complexity index is 1030. The van der Waals surface area contributed by atoms with Crippen molar-refractivity contribution in [3.05, 3.63) is 54.1 Å². The Morgan fingerprint density at radius 1 is 1.15 bits per heavy atom. The zero-order valence-electron chi connectivity index (χ0n) is 19.7. The highest BCUT2D eigenvalue weighted by Gasteiger charge is 2.23. The topological polar surface area (TPSA) is 88.2 Å². The second-order valence-corrected chi connectivity index (χ2v) is 10.3. The highest BCUT2D eigenvalue weighted by molar-refractivity contribution is 7.92. The fourth-order valence-electron chi connectivity index (χ4n) is 3.96. The van der Waals surface area contributed by atoms with Gasteiger partial charge in [0, 0.05) is 38.8 Å². The van der Waals surface area contributed by atoms with Crippen LogP contribution in [0.2, 0.25) is 0 Å². The van der Waals surface area contributed by atoms with Gasteiger partial charge in [-0.15, -0.1) is 0 Å². The first-order valence-corrected chi connectivity index (χ1v) is 12.5. The molecule has 1 fully saturated rings. The van der Waals surface area contributed by atoms with Crippen molar-refractivity contribution in [2.45, 2.75) is 37.4 Å². The first-order valence-electron chi connectivity index (χ1n) is 11.1. The van der Waals surface area contributed by atoms with Gasteiger partial charge >= 0.3 is 0 Å². The van der Waals surface area contributed by atoms with Crippen LogP contribution in [0.15, 0.2) is 53.4 Å². The van der Waals surface area contributed by atoms with E-state index in [1.54, 1.807) is 43.5 Å². The maximum atomic E-state index is 13.1. The minimum absolute atomic E-state index is 0.0600. The number of hydrogen-bond donors (Lipinski definition) is 1. The molecule has 0 radical (unpaired) electrons. The summed E-state index contributed by atoms with van der Waals surface area (Å²) in [4.78, 5) is 15.0. The number of anilines is 1. The quantitative estimate of drug-likeness (QED) is 0.561.